The normalized spacial score (nSPS) is 15.5. The van der Waals surface area contributed by atoms with Crippen molar-refractivity contribution in [3.63, 3.8) is 0 Å². The number of amidine groups is 1. The molecule has 0 bridgehead atoms. The summed E-state index contributed by atoms with van der Waals surface area (Å²) < 4.78 is 5.80. The van der Waals surface area contributed by atoms with Gasteiger partial charge in [0.25, 0.3) is 11.8 Å². The Hall–Kier alpha value is -3.97. The van der Waals surface area contributed by atoms with Gasteiger partial charge in [0.1, 0.15) is 6.04 Å². The molecule has 1 heterocycles. The van der Waals surface area contributed by atoms with Crippen LogP contribution in [0.25, 0.3) is 0 Å². The lowest BCUT2D eigenvalue weighted by molar-refractivity contribution is -0.120. The van der Waals surface area contributed by atoms with Gasteiger partial charge in [0.2, 0.25) is 5.84 Å². The Kier molecular flexibility index (Phi) is 7.12. The molecule has 0 fully saturated rings. The van der Waals surface area contributed by atoms with Crippen LogP contribution in [0.3, 0.4) is 0 Å². The first kappa shape index (κ1) is 22.2. The van der Waals surface area contributed by atoms with E-state index >= 15 is 0 Å². The minimum atomic E-state index is -0.655. The molecule has 1 aliphatic heterocycles. The molecule has 7 heteroatoms. The Morgan fingerprint density at radius 2 is 1.58 bits per heavy atom. The SMILES string of the molecule is CC1N=C(C(=O)NCc2cccc(COCc3ccccc3)c2)NN(c2ccccc2)C1=O. The fraction of sp³-hybridized carbons (Fsp3) is 0.192. The Morgan fingerprint density at radius 1 is 0.939 bits per heavy atom. The van der Waals surface area contributed by atoms with E-state index in [-0.39, 0.29) is 17.6 Å². The van der Waals surface area contributed by atoms with E-state index in [0.29, 0.717) is 25.4 Å². The van der Waals surface area contributed by atoms with Crippen LogP contribution in [0.2, 0.25) is 0 Å². The van der Waals surface area contributed by atoms with Gasteiger partial charge in [0.05, 0.1) is 18.9 Å². The molecule has 0 radical (unpaired) electrons. The third-order valence-electron chi connectivity index (χ3n) is 5.17. The van der Waals surface area contributed by atoms with Crippen molar-refractivity contribution in [2.75, 3.05) is 5.01 Å². The number of amides is 2. The number of hydrogen-bond donors (Lipinski definition) is 2. The van der Waals surface area contributed by atoms with Crippen molar-refractivity contribution in [1.29, 1.82) is 0 Å². The maximum atomic E-state index is 12.7. The number of anilines is 1. The largest absolute Gasteiger partial charge is 0.372 e. The number of rotatable bonds is 8. The van der Waals surface area contributed by atoms with Gasteiger partial charge in [0.15, 0.2) is 0 Å². The number of carbonyl (C=O) groups is 2. The number of para-hydroxylation sites is 1. The Labute approximate surface area is 193 Å². The molecule has 4 rings (SSSR count). The van der Waals surface area contributed by atoms with Crippen LogP contribution in [-0.2, 0) is 34.1 Å². The van der Waals surface area contributed by atoms with Gasteiger partial charge in [-0.2, -0.15) is 0 Å². The van der Waals surface area contributed by atoms with Gasteiger partial charge >= 0.3 is 0 Å². The highest BCUT2D eigenvalue weighted by Crippen LogP contribution is 2.16. The Balaban J connectivity index is 1.33. The topological polar surface area (TPSA) is 83.0 Å². The summed E-state index contributed by atoms with van der Waals surface area (Å²) in [6.07, 6.45) is 0. The summed E-state index contributed by atoms with van der Waals surface area (Å²) in [4.78, 5) is 29.5. The van der Waals surface area contributed by atoms with E-state index in [1.807, 2.05) is 72.8 Å². The summed E-state index contributed by atoms with van der Waals surface area (Å²) in [6, 6.07) is 26.4. The highest BCUT2D eigenvalue weighted by atomic mass is 16.5. The molecule has 33 heavy (non-hydrogen) atoms. The predicted molar refractivity (Wildman–Crippen MR) is 127 cm³/mol. The van der Waals surface area contributed by atoms with Gasteiger partial charge in [-0.15, -0.1) is 0 Å². The summed E-state index contributed by atoms with van der Waals surface area (Å²) in [5, 5.41) is 4.23. The molecule has 0 saturated heterocycles. The molecular weight excluding hydrogens is 416 g/mol. The molecule has 0 saturated carbocycles. The summed E-state index contributed by atoms with van der Waals surface area (Å²) in [6.45, 7) is 3.03. The monoisotopic (exact) mass is 442 g/mol. The Morgan fingerprint density at radius 3 is 2.33 bits per heavy atom. The molecule has 0 aromatic heterocycles. The van der Waals surface area contributed by atoms with Crippen LogP contribution in [0.5, 0.6) is 0 Å². The van der Waals surface area contributed by atoms with E-state index in [9.17, 15) is 9.59 Å². The fourth-order valence-electron chi connectivity index (χ4n) is 3.46. The number of ether oxygens (including phenoxy) is 1. The zero-order chi connectivity index (χ0) is 23.0. The predicted octanol–water partition coefficient (Wildman–Crippen LogP) is 3.36. The van der Waals surface area contributed by atoms with Crippen LogP contribution in [0.4, 0.5) is 5.69 Å². The smallest absolute Gasteiger partial charge is 0.288 e. The maximum absolute atomic E-state index is 12.7. The average molecular weight is 443 g/mol. The average Bonchev–Trinajstić information content (AvgIpc) is 2.85. The van der Waals surface area contributed by atoms with Crippen molar-refractivity contribution < 1.29 is 14.3 Å². The van der Waals surface area contributed by atoms with Crippen LogP contribution < -0.4 is 15.8 Å². The van der Waals surface area contributed by atoms with Gasteiger partial charge in [-0.05, 0) is 35.7 Å². The summed E-state index contributed by atoms with van der Waals surface area (Å²) in [7, 11) is 0. The molecule has 1 aliphatic rings. The third kappa shape index (κ3) is 5.84. The van der Waals surface area contributed by atoms with Gasteiger partial charge in [-0.25, -0.2) is 10.0 Å². The number of carbonyl (C=O) groups excluding carboxylic acids is 2. The highest BCUT2D eigenvalue weighted by molar-refractivity contribution is 6.39. The van der Waals surface area contributed by atoms with Crippen LogP contribution in [0.1, 0.15) is 23.6 Å². The van der Waals surface area contributed by atoms with E-state index < -0.39 is 6.04 Å². The lowest BCUT2D eigenvalue weighted by Gasteiger charge is -2.30. The standard InChI is InChI=1S/C26H26N4O3/c1-19-26(32)30(23-13-6-3-7-14-23)29-24(28-19)25(31)27-16-21-11-8-12-22(15-21)18-33-17-20-9-4-2-5-10-20/h2-15,19H,16-18H2,1H3,(H,27,31)(H,28,29). The molecule has 3 aromatic carbocycles. The van der Waals surface area contributed by atoms with Gasteiger partial charge in [-0.1, -0.05) is 72.8 Å². The van der Waals surface area contributed by atoms with Gasteiger partial charge < -0.3 is 10.1 Å². The van der Waals surface area contributed by atoms with Crippen molar-refractivity contribution in [3.8, 4) is 0 Å². The van der Waals surface area contributed by atoms with Crippen molar-refractivity contribution in [2.24, 2.45) is 4.99 Å². The first-order valence-electron chi connectivity index (χ1n) is 10.8. The highest BCUT2D eigenvalue weighted by Gasteiger charge is 2.30. The quantitative estimate of drug-likeness (QED) is 0.560. The van der Waals surface area contributed by atoms with Crippen LogP contribution in [0.15, 0.2) is 89.9 Å². The Bertz CT molecular complexity index is 1130. The molecule has 7 nitrogen and oxygen atoms in total. The molecule has 2 amide bonds. The summed E-state index contributed by atoms with van der Waals surface area (Å²) >= 11 is 0. The first-order valence-corrected chi connectivity index (χ1v) is 10.8. The molecule has 0 spiro atoms. The van der Waals surface area contributed by atoms with Crippen LogP contribution in [-0.4, -0.2) is 23.7 Å². The first-order chi connectivity index (χ1) is 16.1. The molecule has 1 unspecified atom stereocenters. The number of nitrogens with zero attached hydrogens (tertiary/aromatic N) is 2. The third-order valence-corrected chi connectivity index (χ3v) is 5.17. The van der Waals surface area contributed by atoms with Crippen molar-refractivity contribution in [2.45, 2.75) is 32.7 Å². The van der Waals surface area contributed by atoms with E-state index in [1.54, 1.807) is 19.1 Å². The number of hydrazine groups is 1. The molecule has 168 valence electrons. The van der Waals surface area contributed by atoms with Gasteiger partial charge in [-0.3, -0.25) is 15.0 Å². The number of hydrogen-bond acceptors (Lipinski definition) is 5. The number of nitrogens with one attached hydrogen (secondary N) is 2. The van der Waals surface area contributed by atoms with E-state index in [0.717, 1.165) is 16.7 Å². The molecule has 3 aromatic rings. The second kappa shape index (κ2) is 10.6. The second-order valence-electron chi connectivity index (χ2n) is 7.76. The lowest BCUT2D eigenvalue weighted by atomic mass is 10.1. The number of benzene rings is 3. The lowest BCUT2D eigenvalue weighted by Crippen LogP contribution is -2.57. The van der Waals surface area contributed by atoms with E-state index in [2.05, 4.69) is 15.7 Å². The van der Waals surface area contributed by atoms with Crippen molar-refractivity contribution >= 4 is 23.3 Å². The van der Waals surface area contributed by atoms with Crippen molar-refractivity contribution in [3.05, 3.63) is 102 Å². The molecule has 1 atom stereocenters. The van der Waals surface area contributed by atoms with Crippen molar-refractivity contribution in [1.82, 2.24) is 10.7 Å². The zero-order valence-electron chi connectivity index (χ0n) is 18.4. The second-order valence-corrected chi connectivity index (χ2v) is 7.76. The number of aliphatic imine (C=N–C) groups is 1. The minimum Gasteiger partial charge on any atom is -0.372 e. The fourth-order valence-corrected chi connectivity index (χ4v) is 3.46. The minimum absolute atomic E-state index is 0.105. The summed E-state index contributed by atoms with van der Waals surface area (Å²) in [5.74, 6) is -0.490. The van der Waals surface area contributed by atoms with E-state index in [1.165, 1.54) is 5.01 Å². The molecule has 2 N–H and O–H groups in total. The molecule has 0 aliphatic carbocycles. The molecular formula is C26H26N4O3. The summed E-state index contributed by atoms with van der Waals surface area (Å²) in [5.41, 5.74) is 6.59. The van der Waals surface area contributed by atoms with Crippen LogP contribution >= 0.6 is 0 Å². The van der Waals surface area contributed by atoms with E-state index in [4.69, 9.17) is 4.74 Å². The maximum Gasteiger partial charge on any atom is 0.288 e. The zero-order valence-corrected chi connectivity index (χ0v) is 18.4. The van der Waals surface area contributed by atoms with Crippen LogP contribution in [0, 0.1) is 0 Å². The van der Waals surface area contributed by atoms with Gasteiger partial charge in [0, 0.05) is 6.54 Å².